The van der Waals surface area contributed by atoms with Crippen molar-refractivity contribution in [2.45, 2.75) is 45.3 Å². The number of aryl methyl sites for hydroxylation is 1. The van der Waals surface area contributed by atoms with Crippen LogP contribution in [0.4, 0.5) is 4.79 Å². The predicted molar refractivity (Wildman–Crippen MR) is 93.8 cm³/mol. The molecule has 0 unspecified atom stereocenters. The van der Waals surface area contributed by atoms with E-state index in [0.717, 1.165) is 43.8 Å². The van der Waals surface area contributed by atoms with Crippen molar-refractivity contribution in [3.63, 3.8) is 0 Å². The van der Waals surface area contributed by atoms with E-state index in [2.05, 4.69) is 22.1 Å². The lowest BCUT2D eigenvalue weighted by Crippen LogP contribution is -2.50. The first-order valence-corrected chi connectivity index (χ1v) is 8.46. The number of aliphatic hydroxyl groups is 1. The maximum Gasteiger partial charge on any atom is 0.315 e. The molecule has 2 heterocycles. The van der Waals surface area contributed by atoms with Gasteiger partial charge >= 0.3 is 6.03 Å². The number of urea groups is 1. The highest BCUT2D eigenvalue weighted by molar-refractivity contribution is 5.74. The van der Waals surface area contributed by atoms with E-state index in [1.54, 1.807) is 19.1 Å². The Morgan fingerprint density at radius 1 is 1.46 bits per heavy atom. The molecule has 0 radical (unpaired) electrons. The van der Waals surface area contributed by atoms with Crippen molar-refractivity contribution in [3.05, 3.63) is 35.8 Å². The lowest BCUT2D eigenvalue weighted by Gasteiger charge is -2.32. The van der Waals surface area contributed by atoms with Crippen LogP contribution in [0.1, 0.15) is 38.2 Å². The first-order chi connectivity index (χ1) is 11.3. The second kappa shape index (κ2) is 7.85. The summed E-state index contributed by atoms with van der Waals surface area (Å²) in [5, 5.41) is 16.1. The Morgan fingerprint density at radius 2 is 2.12 bits per heavy atom. The number of nitrogens with zero attached hydrogens (tertiary/aromatic N) is 1. The third-order valence-electron chi connectivity index (χ3n) is 4.28. The minimum atomic E-state index is -1.23. The van der Waals surface area contributed by atoms with Gasteiger partial charge in [-0.25, -0.2) is 4.79 Å². The number of likely N-dealkylation sites (tertiary alicyclic amines) is 1. The van der Waals surface area contributed by atoms with Crippen molar-refractivity contribution in [2.24, 2.45) is 0 Å². The van der Waals surface area contributed by atoms with Gasteiger partial charge in [0.05, 0.1) is 6.54 Å². The number of nitrogens with one attached hydrogen (secondary N) is 2. The van der Waals surface area contributed by atoms with Gasteiger partial charge in [0.2, 0.25) is 0 Å². The Morgan fingerprint density at radius 3 is 2.67 bits per heavy atom. The molecule has 0 aromatic carbocycles. The first-order valence-electron chi connectivity index (χ1n) is 8.46. The van der Waals surface area contributed by atoms with Crippen molar-refractivity contribution in [2.75, 3.05) is 26.2 Å². The standard InChI is InChI=1S/C18H29N3O3/c1-13(2)11-21-9-7-15(8-10-21)20-17(22)19-12-18(4,23)16-6-5-14(3)24-16/h5-6,15,23H,1,7-12H2,2-4H3,(H2,19,20,22)/t18-/m1/s1. The third-order valence-corrected chi connectivity index (χ3v) is 4.28. The van der Waals surface area contributed by atoms with Crippen LogP contribution in [0.15, 0.2) is 28.7 Å². The molecule has 6 nitrogen and oxygen atoms in total. The lowest BCUT2D eigenvalue weighted by molar-refractivity contribution is 0.0358. The van der Waals surface area contributed by atoms with Crippen LogP contribution < -0.4 is 10.6 Å². The number of rotatable bonds is 6. The van der Waals surface area contributed by atoms with Crippen molar-refractivity contribution < 1.29 is 14.3 Å². The Labute approximate surface area is 143 Å². The summed E-state index contributed by atoms with van der Waals surface area (Å²) in [6.07, 6.45) is 1.85. The molecule has 1 aromatic rings. The SMILES string of the molecule is C=C(C)CN1CCC(NC(=O)NC[C@@](C)(O)c2ccc(C)o2)CC1. The summed E-state index contributed by atoms with van der Waals surface area (Å²) < 4.78 is 5.44. The van der Waals surface area contributed by atoms with E-state index in [4.69, 9.17) is 4.42 Å². The third kappa shape index (κ3) is 5.39. The zero-order valence-corrected chi connectivity index (χ0v) is 14.9. The molecule has 2 rings (SSSR count). The van der Waals surface area contributed by atoms with Crippen molar-refractivity contribution >= 4 is 6.03 Å². The highest BCUT2D eigenvalue weighted by Gasteiger charge is 2.28. The fourth-order valence-corrected chi connectivity index (χ4v) is 2.92. The second-order valence-corrected chi connectivity index (χ2v) is 7.02. The zero-order valence-electron chi connectivity index (χ0n) is 14.9. The largest absolute Gasteiger partial charge is 0.463 e. The number of amides is 2. The number of furan rings is 1. The Bertz CT molecular complexity index is 572. The molecule has 134 valence electrons. The van der Waals surface area contributed by atoms with Crippen LogP contribution in [0.25, 0.3) is 0 Å². The maximum atomic E-state index is 12.1. The molecule has 24 heavy (non-hydrogen) atoms. The minimum Gasteiger partial charge on any atom is -0.463 e. The molecule has 1 saturated heterocycles. The van der Waals surface area contributed by atoms with Crippen LogP contribution >= 0.6 is 0 Å². The van der Waals surface area contributed by atoms with Gasteiger partial charge in [-0.2, -0.15) is 0 Å². The van der Waals surface area contributed by atoms with E-state index in [1.807, 2.05) is 13.8 Å². The number of hydrogen-bond acceptors (Lipinski definition) is 4. The lowest BCUT2D eigenvalue weighted by atomic mass is 10.0. The van der Waals surface area contributed by atoms with E-state index < -0.39 is 5.60 Å². The normalized spacial score (nSPS) is 18.8. The Balaban J connectivity index is 1.73. The topological polar surface area (TPSA) is 77.7 Å². The van der Waals surface area contributed by atoms with Gasteiger partial charge in [0.25, 0.3) is 0 Å². The highest BCUT2D eigenvalue weighted by Crippen LogP contribution is 2.21. The van der Waals surface area contributed by atoms with E-state index in [-0.39, 0.29) is 18.6 Å². The van der Waals surface area contributed by atoms with Gasteiger partial charge in [-0.05, 0) is 45.7 Å². The van der Waals surface area contributed by atoms with Crippen LogP contribution in [-0.2, 0) is 5.60 Å². The van der Waals surface area contributed by atoms with Crippen LogP contribution in [0, 0.1) is 6.92 Å². The molecule has 1 aromatic heterocycles. The van der Waals surface area contributed by atoms with Crippen LogP contribution in [0.5, 0.6) is 0 Å². The zero-order chi connectivity index (χ0) is 17.7. The van der Waals surface area contributed by atoms with Gasteiger partial charge in [-0.1, -0.05) is 12.2 Å². The quantitative estimate of drug-likeness (QED) is 0.696. The van der Waals surface area contributed by atoms with E-state index in [1.165, 1.54) is 0 Å². The average Bonchev–Trinajstić information content (AvgIpc) is 2.94. The monoisotopic (exact) mass is 335 g/mol. The molecule has 0 saturated carbocycles. The van der Waals surface area contributed by atoms with Gasteiger partial charge in [-0.15, -0.1) is 0 Å². The smallest absolute Gasteiger partial charge is 0.315 e. The first kappa shape index (κ1) is 18.5. The molecule has 1 atom stereocenters. The molecular weight excluding hydrogens is 306 g/mol. The molecule has 3 N–H and O–H groups in total. The van der Waals surface area contributed by atoms with Crippen LogP contribution in [0.2, 0.25) is 0 Å². The van der Waals surface area contributed by atoms with Crippen molar-refractivity contribution in [1.29, 1.82) is 0 Å². The van der Waals surface area contributed by atoms with E-state index in [9.17, 15) is 9.90 Å². The summed E-state index contributed by atoms with van der Waals surface area (Å²) in [5.41, 5.74) is -0.0641. The molecule has 1 aliphatic rings. The van der Waals surface area contributed by atoms with Crippen LogP contribution in [-0.4, -0.2) is 48.3 Å². The summed E-state index contributed by atoms with van der Waals surface area (Å²) in [7, 11) is 0. The van der Waals surface area contributed by atoms with Crippen LogP contribution in [0.3, 0.4) is 0 Å². The van der Waals surface area contributed by atoms with Gasteiger partial charge < -0.3 is 20.2 Å². The highest BCUT2D eigenvalue weighted by atomic mass is 16.4. The minimum absolute atomic E-state index is 0.0975. The van der Waals surface area contributed by atoms with E-state index >= 15 is 0 Å². The molecule has 0 bridgehead atoms. The van der Waals surface area contributed by atoms with E-state index in [0.29, 0.717) is 5.76 Å². The molecule has 2 amide bonds. The number of carbonyl (C=O) groups is 1. The predicted octanol–water partition coefficient (Wildman–Crippen LogP) is 2.14. The maximum absolute atomic E-state index is 12.1. The van der Waals surface area contributed by atoms with Gasteiger partial charge in [0.15, 0.2) is 0 Å². The summed E-state index contributed by atoms with van der Waals surface area (Å²) in [6.45, 7) is 12.4. The summed E-state index contributed by atoms with van der Waals surface area (Å²) >= 11 is 0. The van der Waals surface area contributed by atoms with Gasteiger partial charge in [-0.3, -0.25) is 4.90 Å². The molecule has 1 aliphatic heterocycles. The molecule has 6 heteroatoms. The Kier molecular flexibility index (Phi) is 6.07. The van der Waals surface area contributed by atoms with Crippen molar-refractivity contribution in [1.82, 2.24) is 15.5 Å². The number of piperidine rings is 1. The molecule has 0 aliphatic carbocycles. The summed E-state index contributed by atoms with van der Waals surface area (Å²) in [5.74, 6) is 1.18. The summed E-state index contributed by atoms with van der Waals surface area (Å²) in [6, 6.07) is 3.44. The van der Waals surface area contributed by atoms with Gasteiger partial charge in [0, 0.05) is 25.7 Å². The Hall–Kier alpha value is -1.79. The molecular formula is C18H29N3O3. The molecule has 0 spiro atoms. The molecule has 1 fully saturated rings. The average molecular weight is 335 g/mol. The number of carbonyl (C=O) groups excluding carboxylic acids is 1. The van der Waals surface area contributed by atoms with Crippen molar-refractivity contribution in [3.8, 4) is 0 Å². The fourth-order valence-electron chi connectivity index (χ4n) is 2.92. The summed E-state index contributed by atoms with van der Waals surface area (Å²) in [4.78, 5) is 14.4. The fraction of sp³-hybridized carbons (Fsp3) is 0.611. The van der Waals surface area contributed by atoms with Gasteiger partial charge in [0.1, 0.15) is 17.1 Å². The second-order valence-electron chi connectivity index (χ2n) is 7.02. The number of hydrogen-bond donors (Lipinski definition) is 3.